The molecule has 2 aromatic rings. The van der Waals surface area contributed by atoms with Crippen molar-refractivity contribution in [2.24, 2.45) is 0 Å². The minimum Gasteiger partial charge on any atom is -0.420 e. The first-order valence-corrected chi connectivity index (χ1v) is 7.38. The Morgan fingerprint density at radius 3 is 3.06 bits per heavy atom. The first-order valence-electron chi connectivity index (χ1n) is 6.12. The summed E-state index contributed by atoms with van der Waals surface area (Å²) < 4.78 is 5.61. The van der Waals surface area contributed by atoms with Crippen LogP contribution in [0.3, 0.4) is 0 Å². The Bertz CT molecular complexity index is 521. The second kappa shape index (κ2) is 5.38. The number of hydrogen-bond acceptors (Lipinski definition) is 5. The summed E-state index contributed by atoms with van der Waals surface area (Å²) in [5.74, 6) is 1.22. The van der Waals surface area contributed by atoms with Crippen LogP contribution in [0.1, 0.15) is 25.2 Å². The summed E-state index contributed by atoms with van der Waals surface area (Å²) in [5, 5.41) is 14.1. The molecule has 1 saturated carbocycles. The summed E-state index contributed by atoms with van der Waals surface area (Å²) in [6, 6.07) is 2.60. The number of thiophene rings is 1. The van der Waals surface area contributed by atoms with E-state index in [1.165, 1.54) is 24.2 Å². The number of aromatic nitrogens is 2. The van der Waals surface area contributed by atoms with Gasteiger partial charge in [-0.15, -0.1) is 21.5 Å². The van der Waals surface area contributed by atoms with Crippen molar-refractivity contribution in [3.63, 3.8) is 0 Å². The highest BCUT2D eigenvalue weighted by atomic mass is 35.5. The molecule has 0 bridgehead atoms. The molecule has 96 valence electrons. The van der Waals surface area contributed by atoms with Gasteiger partial charge in [-0.25, -0.2) is 0 Å². The number of nitrogens with zero attached hydrogens (tertiary/aromatic N) is 2. The average Bonchev–Trinajstić information content (AvgIpc) is 2.90. The lowest BCUT2D eigenvalue weighted by atomic mass is 10.3. The van der Waals surface area contributed by atoms with E-state index >= 15 is 0 Å². The van der Waals surface area contributed by atoms with Crippen molar-refractivity contribution in [1.82, 2.24) is 15.5 Å². The molecule has 1 aliphatic rings. The molecule has 0 atom stereocenters. The van der Waals surface area contributed by atoms with Crippen molar-refractivity contribution < 1.29 is 4.42 Å². The fourth-order valence-corrected chi connectivity index (χ4v) is 2.78. The first kappa shape index (κ1) is 12.1. The molecule has 0 spiro atoms. The van der Waals surface area contributed by atoms with E-state index in [1.807, 2.05) is 11.4 Å². The van der Waals surface area contributed by atoms with Crippen LogP contribution in [0.2, 0.25) is 5.02 Å². The molecule has 3 rings (SSSR count). The van der Waals surface area contributed by atoms with Crippen LogP contribution in [-0.2, 0) is 6.42 Å². The standard InChI is InChI=1S/C12H14ClN3OS/c13-9-5-7-18-11(9)12-16-15-10(17-12)2-1-6-14-8-3-4-8/h5,7-8,14H,1-4,6H2. The molecule has 2 heterocycles. The predicted molar refractivity (Wildman–Crippen MR) is 72.0 cm³/mol. The molecule has 6 heteroatoms. The molecule has 0 amide bonds. The van der Waals surface area contributed by atoms with E-state index in [2.05, 4.69) is 15.5 Å². The van der Waals surface area contributed by atoms with E-state index in [1.54, 1.807) is 0 Å². The van der Waals surface area contributed by atoms with Crippen LogP contribution in [0.5, 0.6) is 0 Å². The van der Waals surface area contributed by atoms with E-state index in [0.717, 1.165) is 30.3 Å². The fraction of sp³-hybridized carbons (Fsp3) is 0.500. The van der Waals surface area contributed by atoms with E-state index in [9.17, 15) is 0 Å². The monoisotopic (exact) mass is 283 g/mol. The summed E-state index contributed by atoms with van der Waals surface area (Å²) in [6.07, 6.45) is 4.48. The SMILES string of the molecule is Clc1ccsc1-c1nnc(CCCNC2CC2)o1. The van der Waals surface area contributed by atoms with Crippen LogP contribution in [0, 0.1) is 0 Å². The predicted octanol–water partition coefficient (Wildman–Crippen LogP) is 3.14. The van der Waals surface area contributed by atoms with Gasteiger partial charge in [0.2, 0.25) is 5.89 Å². The Morgan fingerprint density at radius 2 is 2.33 bits per heavy atom. The number of rotatable bonds is 6. The van der Waals surface area contributed by atoms with Gasteiger partial charge in [-0.1, -0.05) is 11.6 Å². The van der Waals surface area contributed by atoms with Crippen molar-refractivity contribution in [1.29, 1.82) is 0 Å². The highest BCUT2D eigenvalue weighted by Gasteiger charge is 2.19. The van der Waals surface area contributed by atoms with Gasteiger partial charge in [0, 0.05) is 12.5 Å². The molecule has 1 fully saturated rings. The molecule has 0 saturated heterocycles. The Morgan fingerprint density at radius 1 is 1.44 bits per heavy atom. The molecule has 0 aliphatic heterocycles. The third-order valence-corrected chi connectivity index (χ3v) is 4.19. The van der Waals surface area contributed by atoms with E-state index in [0.29, 0.717) is 16.8 Å². The Labute approximate surface area is 114 Å². The van der Waals surface area contributed by atoms with Crippen LogP contribution in [-0.4, -0.2) is 22.8 Å². The summed E-state index contributed by atoms with van der Waals surface area (Å²) >= 11 is 7.54. The van der Waals surface area contributed by atoms with Crippen molar-refractivity contribution in [2.75, 3.05) is 6.54 Å². The Kier molecular flexibility index (Phi) is 3.63. The van der Waals surface area contributed by atoms with Gasteiger partial charge in [0.05, 0.1) is 5.02 Å². The van der Waals surface area contributed by atoms with Crippen LogP contribution in [0.4, 0.5) is 0 Å². The highest BCUT2D eigenvalue weighted by molar-refractivity contribution is 7.14. The van der Waals surface area contributed by atoms with Gasteiger partial charge < -0.3 is 9.73 Å². The summed E-state index contributed by atoms with van der Waals surface area (Å²) in [5.41, 5.74) is 0. The topological polar surface area (TPSA) is 51.0 Å². The van der Waals surface area contributed by atoms with Crippen molar-refractivity contribution in [2.45, 2.75) is 31.7 Å². The maximum absolute atomic E-state index is 6.02. The first-order chi connectivity index (χ1) is 8.83. The zero-order valence-corrected chi connectivity index (χ0v) is 11.4. The molecule has 1 aliphatic carbocycles. The van der Waals surface area contributed by atoms with Crippen LogP contribution in [0.15, 0.2) is 15.9 Å². The van der Waals surface area contributed by atoms with Crippen molar-refractivity contribution >= 4 is 22.9 Å². The number of nitrogens with one attached hydrogen (secondary N) is 1. The van der Waals surface area contributed by atoms with Gasteiger partial charge in [-0.2, -0.15) is 0 Å². The second-order valence-corrected chi connectivity index (χ2v) is 5.75. The summed E-state index contributed by atoms with van der Waals surface area (Å²) in [4.78, 5) is 0.853. The van der Waals surface area contributed by atoms with Crippen molar-refractivity contribution in [3.05, 3.63) is 22.4 Å². The minimum atomic E-state index is 0.528. The molecule has 1 N–H and O–H groups in total. The lowest BCUT2D eigenvalue weighted by Crippen LogP contribution is -2.17. The molecule has 18 heavy (non-hydrogen) atoms. The van der Waals surface area contributed by atoms with E-state index in [-0.39, 0.29) is 0 Å². The summed E-state index contributed by atoms with van der Waals surface area (Å²) in [7, 11) is 0. The third kappa shape index (κ3) is 2.91. The van der Waals surface area contributed by atoms with Gasteiger partial charge in [0.15, 0.2) is 0 Å². The van der Waals surface area contributed by atoms with Gasteiger partial charge in [0.1, 0.15) is 4.88 Å². The van der Waals surface area contributed by atoms with Gasteiger partial charge >= 0.3 is 0 Å². The van der Waals surface area contributed by atoms with Gasteiger partial charge in [0.25, 0.3) is 5.89 Å². The summed E-state index contributed by atoms with van der Waals surface area (Å²) in [6.45, 7) is 1.02. The lowest BCUT2D eigenvalue weighted by molar-refractivity contribution is 0.491. The quantitative estimate of drug-likeness (QED) is 0.828. The largest absolute Gasteiger partial charge is 0.420 e. The fourth-order valence-electron chi connectivity index (χ4n) is 1.73. The minimum absolute atomic E-state index is 0.528. The maximum Gasteiger partial charge on any atom is 0.259 e. The Hall–Kier alpha value is -0.910. The average molecular weight is 284 g/mol. The number of aryl methyl sites for hydroxylation is 1. The van der Waals surface area contributed by atoms with Crippen LogP contribution in [0.25, 0.3) is 10.8 Å². The molecular weight excluding hydrogens is 270 g/mol. The smallest absolute Gasteiger partial charge is 0.259 e. The van der Waals surface area contributed by atoms with Crippen molar-refractivity contribution in [3.8, 4) is 10.8 Å². The maximum atomic E-state index is 6.02. The molecule has 0 radical (unpaired) electrons. The zero-order chi connectivity index (χ0) is 12.4. The van der Waals surface area contributed by atoms with Crippen LogP contribution < -0.4 is 5.32 Å². The van der Waals surface area contributed by atoms with Gasteiger partial charge in [-0.3, -0.25) is 0 Å². The molecule has 2 aromatic heterocycles. The van der Waals surface area contributed by atoms with Gasteiger partial charge in [-0.05, 0) is 37.3 Å². The number of halogens is 1. The third-order valence-electron chi connectivity index (χ3n) is 2.86. The molecule has 0 unspecified atom stereocenters. The van der Waals surface area contributed by atoms with Crippen LogP contribution >= 0.6 is 22.9 Å². The van der Waals surface area contributed by atoms with E-state index < -0.39 is 0 Å². The molecule has 4 nitrogen and oxygen atoms in total. The second-order valence-electron chi connectivity index (χ2n) is 4.43. The zero-order valence-electron chi connectivity index (χ0n) is 9.86. The van der Waals surface area contributed by atoms with E-state index in [4.69, 9.17) is 16.0 Å². The Balaban J connectivity index is 1.54. The molecule has 0 aromatic carbocycles. The number of hydrogen-bond donors (Lipinski definition) is 1. The highest BCUT2D eigenvalue weighted by Crippen LogP contribution is 2.32. The normalized spacial score (nSPS) is 15.2. The molecular formula is C12H14ClN3OS. The lowest BCUT2D eigenvalue weighted by Gasteiger charge is -1.99.